The van der Waals surface area contributed by atoms with Crippen LogP contribution in [0.3, 0.4) is 0 Å². The van der Waals surface area contributed by atoms with Crippen molar-refractivity contribution in [2.45, 2.75) is 24.7 Å². The summed E-state index contributed by atoms with van der Waals surface area (Å²) in [6.07, 6.45) is 4.81. The quantitative estimate of drug-likeness (QED) is 0.713. The van der Waals surface area contributed by atoms with Crippen LogP contribution in [-0.2, 0) is 10.0 Å². The normalized spacial score (nSPS) is 25.9. The minimum absolute atomic E-state index is 0.00491. The Balaban J connectivity index is 1.98. The molecule has 1 unspecified atom stereocenters. The van der Waals surface area contributed by atoms with Gasteiger partial charge in [0.1, 0.15) is 4.90 Å². The number of sulfonamides is 1. The lowest BCUT2D eigenvalue weighted by Crippen LogP contribution is -2.45. The predicted octanol–water partition coefficient (Wildman–Crippen LogP) is 0.0777. The van der Waals surface area contributed by atoms with Crippen LogP contribution in [0.2, 0.25) is 0 Å². The summed E-state index contributed by atoms with van der Waals surface area (Å²) in [5, 5.41) is 9.44. The van der Waals surface area contributed by atoms with Crippen molar-refractivity contribution >= 4 is 10.0 Å². The Morgan fingerprint density at radius 2 is 2.41 bits per heavy atom. The van der Waals surface area contributed by atoms with Crippen LogP contribution in [0.5, 0.6) is 0 Å². The molecule has 7 heteroatoms. The molecule has 0 aromatic carbocycles. The van der Waals surface area contributed by atoms with Crippen LogP contribution in [0.1, 0.15) is 19.8 Å². The fourth-order valence-corrected chi connectivity index (χ4v) is 3.11. The summed E-state index contributed by atoms with van der Waals surface area (Å²) in [5.41, 5.74) is -0.00491. The maximum Gasteiger partial charge on any atom is 0.243 e. The Kier molecular flexibility index (Phi) is 3.50. The third-order valence-corrected chi connectivity index (χ3v) is 4.53. The fraction of sp³-hybridized carbons (Fsp3) is 0.700. The zero-order chi connectivity index (χ0) is 12.4. The van der Waals surface area contributed by atoms with Gasteiger partial charge in [-0.05, 0) is 24.8 Å². The highest BCUT2D eigenvalue weighted by atomic mass is 32.2. The summed E-state index contributed by atoms with van der Waals surface area (Å²) in [5.74, 6) is 0. The molecule has 1 atom stereocenters. The first-order valence-electron chi connectivity index (χ1n) is 5.71. The molecule has 1 fully saturated rings. The highest BCUT2D eigenvalue weighted by Gasteiger charge is 2.28. The zero-order valence-electron chi connectivity index (χ0n) is 9.86. The highest BCUT2D eigenvalue weighted by Crippen LogP contribution is 2.24. The van der Waals surface area contributed by atoms with Gasteiger partial charge in [0.25, 0.3) is 0 Å². The number of aromatic nitrogens is 2. The van der Waals surface area contributed by atoms with Gasteiger partial charge >= 0.3 is 0 Å². The number of hydrogen-bond donors (Lipinski definition) is 3. The van der Waals surface area contributed by atoms with E-state index in [0.29, 0.717) is 6.54 Å². The summed E-state index contributed by atoms with van der Waals surface area (Å²) in [7, 11) is -3.43. The van der Waals surface area contributed by atoms with Crippen LogP contribution in [0, 0.1) is 5.41 Å². The van der Waals surface area contributed by atoms with Crippen molar-refractivity contribution in [3.8, 4) is 0 Å². The summed E-state index contributed by atoms with van der Waals surface area (Å²) < 4.78 is 26.4. The molecule has 1 aliphatic heterocycles. The van der Waals surface area contributed by atoms with Gasteiger partial charge in [-0.25, -0.2) is 13.1 Å². The topological polar surface area (TPSA) is 86.9 Å². The summed E-state index contributed by atoms with van der Waals surface area (Å²) in [4.78, 5) is 0.185. The average Bonchev–Trinajstić information content (AvgIpc) is 2.82. The van der Waals surface area contributed by atoms with Crippen LogP contribution < -0.4 is 10.0 Å². The Labute approximate surface area is 101 Å². The summed E-state index contributed by atoms with van der Waals surface area (Å²) in [6, 6.07) is 0. The highest BCUT2D eigenvalue weighted by molar-refractivity contribution is 7.89. The van der Waals surface area contributed by atoms with Gasteiger partial charge in [0.2, 0.25) is 10.0 Å². The van der Waals surface area contributed by atoms with Gasteiger partial charge in [0.05, 0.1) is 6.20 Å². The van der Waals surface area contributed by atoms with Gasteiger partial charge in [-0.2, -0.15) is 5.10 Å². The Morgan fingerprint density at radius 1 is 1.59 bits per heavy atom. The first-order valence-corrected chi connectivity index (χ1v) is 7.19. The molecule has 0 aliphatic carbocycles. The fourth-order valence-electron chi connectivity index (χ4n) is 2.01. The van der Waals surface area contributed by atoms with Gasteiger partial charge < -0.3 is 5.32 Å². The maximum absolute atomic E-state index is 11.9. The van der Waals surface area contributed by atoms with Crippen molar-refractivity contribution in [2.24, 2.45) is 5.41 Å². The van der Waals surface area contributed by atoms with Crippen molar-refractivity contribution in [1.29, 1.82) is 0 Å². The van der Waals surface area contributed by atoms with Crippen molar-refractivity contribution in [3.05, 3.63) is 12.4 Å². The average molecular weight is 258 g/mol. The second-order valence-electron chi connectivity index (χ2n) is 4.85. The number of aromatic amines is 1. The third kappa shape index (κ3) is 3.05. The molecule has 2 rings (SSSR count). The van der Waals surface area contributed by atoms with E-state index >= 15 is 0 Å². The van der Waals surface area contributed by atoms with Crippen molar-refractivity contribution in [2.75, 3.05) is 19.6 Å². The molecule has 1 saturated heterocycles. The molecule has 17 heavy (non-hydrogen) atoms. The van der Waals surface area contributed by atoms with Crippen LogP contribution in [0.25, 0.3) is 0 Å². The van der Waals surface area contributed by atoms with Gasteiger partial charge in [-0.3, -0.25) is 5.10 Å². The monoisotopic (exact) mass is 258 g/mol. The molecule has 0 saturated carbocycles. The molecular formula is C10H18N4O2S. The van der Waals surface area contributed by atoms with E-state index < -0.39 is 10.0 Å². The third-order valence-electron chi connectivity index (χ3n) is 3.16. The van der Waals surface area contributed by atoms with E-state index in [9.17, 15) is 8.42 Å². The Morgan fingerprint density at radius 3 is 3.00 bits per heavy atom. The van der Waals surface area contributed by atoms with Gasteiger partial charge in [-0.15, -0.1) is 0 Å². The van der Waals surface area contributed by atoms with E-state index in [1.807, 2.05) is 0 Å². The van der Waals surface area contributed by atoms with E-state index in [4.69, 9.17) is 0 Å². The lowest BCUT2D eigenvalue weighted by molar-refractivity contribution is 0.238. The van der Waals surface area contributed by atoms with Crippen LogP contribution in [0.4, 0.5) is 0 Å². The second-order valence-corrected chi connectivity index (χ2v) is 6.62. The lowest BCUT2D eigenvalue weighted by Gasteiger charge is -2.34. The SMILES string of the molecule is CC1(CNS(=O)(=O)c2cn[nH]c2)CCCNC1. The number of nitrogens with zero attached hydrogens (tertiary/aromatic N) is 1. The van der Waals surface area contributed by atoms with Crippen molar-refractivity contribution < 1.29 is 8.42 Å². The Hall–Kier alpha value is -0.920. The minimum Gasteiger partial charge on any atom is -0.316 e. The molecule has 0 spiro atoms. The lowest BCUT2D eigenvalue weighted by atomic mass is 9.83. The number of nitrogens with one attached hydrogen (secondary N) is 3. The molecule has 0 radical (unpaired) electrons. The van der Waals surface area contributed by atoms with Crippen LogP contribution in [-0.4, -0.2) is 38.2 Å². The molecule has 0 amide bonds. The molecule has 1 aromatic heterocycles. The van der Waals surface area contributed by atoms with Gasteiger partial charge in [-0.1, -0.05) is 6.92 Å². The first kappa shape index (κ1) is 12.5. The van der Waals surface area contributed by atoms with E-state index in [2.05, 4.69) is 27.2 Å². The predicted molar refractivity (Wildman–Crippen MR) is 64.0 cm³/mol. The molecule has 1 aliphatic rings. The second kappa shape index (κ2) is 4.75. The number of piperidine rings is 1. The molecule has 0 bridgehead atoms. The van der Waals surface area contributed by atoms with Crippen LogP contribution in [0.15, 0.2) is 17.3 Å². The van der Waals surface area contributed by atoms with Crippen molar-refractivity contribution in [3.63, 3.8) is 0 Å². The summed E-state index contributed by atoms with van der Waals surface area (Å²) >= 11 is 0. The molecular weight excluding hydrogens is 240 g/mol. The zero-order valence-corrected chi connectivity index (χ0v) is 10.7. The molecule has 2 heterocycles. The van der Waals surface area contributed by atoms with Crippen molar-refractivity contribution in [1.82, 2.24) is 20.2 Å². The molecule has 96 valence electrons. The van der Waals surface area contributed by atoms with E-state index in [1.54, 1.807) is 0 Å². The maximum atomic E-state index is 11.9. The molecule has 1 aromatic rings. The van der Waals surface area contributed by atoms with Crippen LogP contribution >= 0.6 is 0 Å². The Bertz CT molecular complexity index is 449. The first-order chi connectivity index (χ1) is 8.02. The standard InChI is InChI=1S/C10H18N4O2S/c1-10(3-2-4-11-7-10)8-14-17(15,16)9-5-12-13-6-9/h5-6,11,14H,2-4,7-8H2,1H3,(H,12,13). The largest absolute Gasteiger partial charge is 0.316 e. The van der Waals surface area contributed by atoms with E-state index in [1.165, 1.54) is 12.4 Å². The number of hydrogen-bond acceptors (Lipinski definition) is 4. The smallest absolute Gasteiger partial charge is 0.243 e. The van der Waals surface area contributed by atoms with Gasteiger partial charge in [0, 0.05) is 19.3 Å². The number of rotatable bonds is 4. The summed E-state index contributed by atoms with van der Waals surface area (Å²) in [6.45, 7) is 4.41. The van der Waals surface area contributed by atoms with E-state index in [0.717, 1.165) is 25.9 Å². The van der Waals surface area contributed by atoms with E-state index in [-0.39, 0.29) is 10.3 Å². The number of H-pyrrole nitrogens is 1. The van der Waals surface area contributed by atoms with Gasteiger partial charge in [0.15, 0.2) is 0 Å². The minimum atomic E-state index is -3.43. The molecule has 3 N–H and O–H groups in total. The molecule has 6 nitrogen and oxygen atoms in total.